The van der Waals surface area contributed by atoms with Crippen LogP contribution in [0.4, 0.5) is 4.39 Å². The number of benzene rings is 1. The predicted molar refractivity (Wildman–Crippen MR) is 78.2 cm³/mol. The van der Waals surface area contributed by atoms with Gasteiger partial charge in [0.15, 0.2) is 0 Å². The Morgan fingerprint density at radius 2 is 2.16 bits per heavy atom. The molecule has 104 valence electrons. The third-order valence-electron chi connectivity index (χ3n) is 3.28. The Morgan fingerprint density at radius 3 is 2.79 bits per heavy atom. The van der Waals surface area contributed by atoms with Gasteiger partial charge in [0, 0.05) is 18.2 Å². The third kappa shape index (κ3) is 5.02. The van der Waals surface area contributed by atoms with Crippen LogP contribution in [0.2, 0.25) is 0 Å². The summed E-state index contributed by atoms with van der Waals surface area (Å²) in [5.41, 5.74) is 7.16. The molecule has 1 aromatic rings. The van der Waals surface area contributed by atoms with Crippen molar-refractivity contribution >= 4 is 0 Å². The Morgan fingerprint density at radius 1 is 1.42 bits per heavy atom. The summed E-state index contributed by atoms with van der Waals surface area (Å²) in [6.07, 6.45) is 2.32. The molecule has 1 rings (SSSR count). The molecule has 1 unspecified atom stereocenters. The third-order valence-corrected chi connectivity index (χ3v) is 3.28. The van der Waals surface area contributed by atoms with Crippen LogP contribution in [-0.4, -0.2) is 24.5 Å². The summed E-state index contributed by atoms with van der Waals surface area (Å²) < 4.78 is 13.3. The zero-order valence-electron chi connectivity index (χ0n) is 12.0. The van der Waals surface area contributed by atoms with Gasteiger partial charge in [-0.1, -0.05) is 31.3 Å². The van der Waals surface area contributed by atoms with Crippen molar-refractivity contribution in [1.82, 2.24) is 4.90 Å². The van der Waals surface area contributed by atoms with E-state index in [0.717, 1.165) is 30.5 Å². The van der Waals surface area contributed by atoms with E-state index in [1.807, 2.05) is 6.07 Å². The maximum absolute atomic E-state index is 13.3. The molecule has 0 bridgehead atoms. The molecule has 19 heavy (non-hydrogen) atoms. The van der Waals surface area contributed by atoms with Crippen molar-refractivity contribution in [3.8, 4) is 11.8 Å². The van der Waals surface area contributed by atoms with Crippen LogP contribution in [0.15, 0.2) is 18.2 Å². The smallest absolute Gasteiger partial charge is 0.124 e. The number of hydrogen-bond donors (Lipinski definition) is 1. The second kappa shape index (κ2) is 7.93. The molecule has 1 aromatic carbocycles. The molecule has 2 N–H and O–H groups in total. The highest BCUT2D eigenvalue weighted by Gasteiger charge is 2.11. The maximum Gasteiger partial charge on any atom is 0.124 e. The SMILES string of the molecule is CCCC(C)N(C)Cc1ccc(F)cc1C#CCN. The fourth-order valence-electron chi connectivity index (χ4n) is 2.01. The summed E-state index contributed by atoms with van der Waals surface area (Å²) in [5, 5.41) is 0. The van der Waals surface area contributed by atoms with Crippen LogP contribution < -0.4 is 5.73 Å². The van der Waals surface area contributed by atoms with Crippen molar-refractivity contribution in [1.29, 1.82) is 0 Å². The van der Waals surface area contributed by atoms with Crippen LogP contribution in [0.5, 0.6) is 0 Å². The first-order chi connectivity index (χ1) is 9.08. The van der Waals surface area contributed by atoms with E-state index >= 15 is 0 Å². The molecule has 0 amide bonds. The van der Waals surface area contributed by atoms with Gasteiger partial charge in [-0.15, -0.1) is 0 Å². The van der Waals surface area contributed by atoms with E-state index in [9.17, 15) is 4.39 Å². The van der Waals surface area contributed by atoms with Crippen molar-refractivity contribution in [2.75, 3.05) is 13.6 Å². The molecule has 0 spiro atoms. The van der Waals surface area contributed by atoms with E-state index < -0.39 is 0 Å². The van der Waals surface area contributed by atoms with E-state index in [-0.39, 0.29) is 12.4 Å². The van der Waals surface area contributed by atoms with Crippen LogP contribution in [0.1, 0.15) is 37.8 Å². The molecule has 0 aliphatic heterocycles. The zero-order chi connectivity index (χ0) is 14.3. The monoisotopic (exact) mass is 262 g/mol. The Kier molecular flexibility index (Phi) is 6.55. The molecule has 0 fully saturated rings. The van der Waals surface area contributed by atoms with Gasteiger partial charge in [0.2, 0.25) is 0 Å². The van der Waals surface area contributed by atoms with Crippen LogP contribution in [0.3, 0.4) is 0 Å². The van der Waals surface area contributed by atoms with E-state index in [1.165, 1.54) is 12.1 Å². The molecule has 2 nitrogen and oxygen atoms in total. The quantitative estimate of drug-likeness (QED) is 0.827. The molecule has 0 aliphatic rings. The van der Waals surface area contributed by atoms with Gasteiger partial charge in [-0.2, -0.15) is 0 Å². The number of halogens is 1. The van der Waals surface area contributed by atoms with E-state index in [0.29, 0.717) is 6.04 Å². The molecule has 0 saturated heterocycles. The highest BCUT2D eigenvalue weighted by molar-refractivity contribution is 5.41. The standard InChI is InChI=1S/C16H23FN2/c1-4-6-13(2)19(3)12-15-8-9-16(17)11-14(15)7-5-10-18/h8-9,11,13H,4,6,10,12,18H2,1-3H3. The highest BCUT2D eigenvalue weighted by Crippen LogP contribution is 2.15. The summed E-state index contributed by atoms with van der Waals surface area (Å²) in [4.78, 5) is 2.27. The zero-order valence-corrected chi connectivity index (χ0v) is 12.0. The first kappa shape index (κ1) is 15.7. The van der Waals surface area contributed by atoms with Crippen LogP contribution in [0.25, 0.3) is 0 Å². The first-order valence-corrected chi connectivity index (χ1v) is 6.76. The summed E-state index contributed by atoms with van der Waals surface area (Å²) in [6.45, 7) is 5.45. The van der Waals surface area contributed by atoms with Gasteiger partial charge in [-0.3, -0.25) is 4.90 Å². The number of hydrogen-bond acceptors (Lipinski definition) is 2. The summed E-state index contributed by atoms with van der Waals surface area (Å²) >= 11 is 0. The fourth-order valence-corrected chi connectivity index (χ4v) is 2.01. The number of rotatable bonds is 5. The minimum Gasteiger partial charge on any atom is -0.320 e. The van der Waals surface area contributed by atoms with E-state index in [1.54, 1.807) is 0 Å². The Labute approximate surface area is 115 Å². The van der Waals surface area contributed by atoms with Gasteiger partial charge in [0.1, 0.15) is 5.82 Å². The normalized spacial score (nSPS) is 12.1. The molecule has 0 radical (unpaired) electrons. The topological polar surface area (TPSA) is 29.3 Å². The minimum absolute atomic E-state index is 0.255. The molecular weight excluding hydrogens is 239 g/mol. The lowest BCUT2D eigenvalue weighted by Crippen LogP contribution is -2.28. The van der Waals surface area contributed by atoms with Gasteiger partial charge in [-0.25, -0.2) is 4.39 Å². The van der Waals surface area contributed by atoms with E-state index in [4.69, 9.17) is 5.73 Å². The highest BCUT2D eigenvalue weighted by atomic mass is 19.1. The van der Waals surface area contributed by atoms with E-state index in [2.05, 4.69) is 37.6 Å². The summed E-state index contributed by atoms with van der Waals surface area (Å²) in [6, 6.07) is 5.29. The number of nitrogens with two attached hydrogens (primary N) is 1. The predicted octanol–water partition coefficient (Wildman–Crippen LogP) is 2.76. The van der Waals surface area contributed by atoms with Gasteiger partial charge in [0.05, 0.1) is 6.54 Å². The lowest BCUT2D eigenvalue weighted by molar-refractivity contribution is 0.236. The number of nitrogens with zero attached hydrogens (tertiary/aromatic N) is 1. The maximum atomic E-state index is 13.3. The largest absolute Gasteiger partial charge is 0.320 e. The van der Waals surface area contributed by atoms with Crippen LogP contribution in [0, 0.1) is 17.7 Å². The van der Waals surface area contributed by atoms with Crippen LogP contribution in [-0.2, 0) is 6.54 Å². The molecule has 0 heterocycles. The van der Waals surface area contributed by atoms with Crippen molar-refractivity contribution in [2.45, 2.75) is 39.3 Å². The Hall–Kier alpha value is -1.37. The Bertz CT molecular complexity index is 460. The van der Waals surface area contributed by atoms with Crippen molar-refractivity contribution in [3.63, 3.8) is 0 Å². The second-order valence-electron chi connectivity index (χ2n) is 4.86. The lowest BCUT2D eigenvalue weighted by Gasteiger charge is -2.24. The molecule has 0 saturated carbocycles. The van der Waals surface area contributed by atoms with Gasteiger partial charge >= 0.3 is 0 Å². The van der Waals surface area contributed by atoms with Gasteiger partial charge in [0.25, 0.3) is 0 Å². The van der Waals surface area contributed by atoms with Crippen LogP contribution >= 0.6 is 0 Å². The minimum atomic E-state index is -0.255. The summed E-state index contributed by atoms with van der Waals surface area (Å²) in [7, 11) is 2.09. The molecule has 1 atom stereocenters. The fraction of sp³-hybridized carbons (Fsp3) is 0.500. The van der Waals surface area contributed by atoms with Gasteiger partial charge < -0.3 is 5.73 Å². The van der Waals surface area contributed by atoms with Gasteiger partial charge in [-0.05, 0) is 38.1 Å². The van der Waals surface area contributed by atoms with Crippen molar-refractivity contribution in [3.05, 3.63) is 35.1 Å². The lowest BCUT2D eigenvalue weighted by atomic mass is 10.1. The second-order valence-corrected chi connectivity index (χ2v) is 4.86. The molecule has 3 heteroatoms. The molecular formula is C16H23FN2. The first-order valence-electron chi connectivity index (χ1n) is 6.76. The average Bonchev–Trinajstić information content (AvgIpc) is 2.39. The molecule has 0 aliphatic carbocycles. The molecule has 0 aromatic heterocycles. The average molecular weight is 262 g/mol. The van der Waals surface area contributed by atoms with Crippen molar-refractivity contribution < 1.29 is 4.39 Å². The Balaban J connectivity index is 2.87. The summed E-state index contributed by atoms with van der Waals surface area (Å²) in [5.74, 6) is 5.49. The van der Waals surface area contributed by atoms with Crippen molar-refractivity contribution in [2.24, 2.45) is 5.73 Å².